The number of nitrogens with zero attached hydrogens (tertiary/aromatic N) is 6. The van der Waals surface area contributed by atoms with Gasteiger partial charge >= 0.3 is 0 Å². The molecule has 4 bridgehead atoms. The number of benzene rings is 4. The highest BCUT2D eigenvalue weighted by atomic mass is 35.5. The van der Waals surface area contributed by atoms with Crippen LogP contribution >= 0.6 is 23.2 Å². The normalized spacial score (nSPS) is 21.1. The van der Waals surface area contributed by atoms with Crippen LogP contribution in [0.2, 0.25) is 10.0 Å². The molecule has 2 atom stereocenters. The highest BCUT2D eigenvalue weighted by Gasteiger charge is 2.37. The van der Waals surface area contributed by atoms with Crippen molar-refractivity contribution in [1.29, 1.82) is 0 Å². The fourth-order valence-corrected chi connectivity index (χ4v) is 7.73. The molecule has 248 valence electrons. The SMILES string of the molecule is Oc1c2cc(Cl)cc1[C@H]1N(CCN=Cc3cc(Cl)cc(c3O)[C@H]3N(CCN=C2)CCN3Cc2ccccc2)CCN1Cc1ccccc1. The molecule has 7 rings (SSSR count). The number of rotatable bonds is 4. The van der Waals surface area contributed by atoms with Crippen LogP contribution in [0.5, 0.6) is 11.5 Å². The molecule has 2 N–H and O–H groups in total. The summed E-state index contributed by atoms with van der Waals surface area (Å²) < 4.78 is 0. The number of aliphatic imine (C=N–C) groups is 2. The van der Waals surface area contributed by atoms with Crippen LogP contribution in [0, 0.1) is 0 Å². The third-order valence-corrected chi connectivity index (χ3v) is 9.94. The van der Waals surface area contributed by atoms with E-state index in [9.17, 15) is 10.2 Å². The minimum absolute atomic E-state index is 0.197. The van der Waals surface area contributed by atoms with E-state index >= 15 is 0 Å². The van der Waals surface area contributed by atoms with Crippen LogP contribution in [-0.2, 0) is 13.1 Å². The summed E-state index contributed by atoms with van der Waals surface area (Å²) in [6, 6.07) is 28.1. The van der Waals surface area contributed by atoms with E-state index in [4.69, 9.17) is 33.2 Å². The zero-order valence-corrected chi connectivity index (χ0v) is 28.3. The molecule has 3 aliphatic heterocycles. The Labute approximate surface area is 292 Å². The monoisotopic (exact) mass is 682 g/mol. The van der Waals surface area contributed by atoms with Crippen molar-refractivity contribution in [3.05, 3.63) is 128 Å². The second kappa shape index (κ2) is 14.8. The molecule has 0 amide bonds. The van der Waals surface area contributed by atoms with Gasteiger partial charge in [0.15, 0.2) is 0 Å². The summed E-state index contributed by atoms with van der Waals surface area (Å²) in [5.41, 5.74) is 5.13. The number of phenolic OH excluding ortho intramolecular Hbond substituents is 2. The molecule has 10 heteroatoms. The molecule has 2 saturated heterocycles. The van der Waals surface area contributed by atoms with Gasteiger partial charge in [-0.05, 0) is 35.4 Å². The summed E-state index contributed by atoms with van der Waals surface area (Å²) in [5.74, 6) is 0.399. The molecule has 0 aromatic heterocycles. The van der Waals surface area contributed by atoms with Crippen LogP contribution in [-0.4, -0.2) is 94.6 Å². The highest BCUT2D eigenvalue weighted by molar-refractivity contribution is 6.31. The summed E-state index contributed by atoms with van der Waals surface area (Å²) in [6.45, 7) is 7.05. The molecular formula is C38H40Cl2N6O2. The lowest BCUT2D eigenvalue weighted by Gasteiger charge is -2.32. The Kier molecular flexibility index (Phi) is 10.1. The van der Waals surface area contributed by atoms with Gasteiger partial charge in [0.1, 0.15) is 11.5 Å². The van der Waals surface area contributed by atoms with Gasteiger partial charge in [-0.15, -0.1) is 0 Å². The Hall–Kier alpha value is -3.76. The van der Waals surface area contributed by atoms with Gasteiger partial charge in [-0.25, -0.2) is 0 Å². The molecule has 2 fully saturated rings. The van der Waals surface area contributed by atoms with Crippen LogP contribution in [0.4, 0.5) is 0 Å². The van der Waals surface area contributed by atoms with E-state index in [2.05, 4.69) is 68.1 Å². The molecule has 3 heterocycles. The van der Waals surface area contributed by atoms with Gasteiger partial charge < -0.3 is 10.2 Å². The molecular weight excluding hydrogens is 643 g/mol. The standard InChI is InChI=1S/C38H40Cl2N6O2/c39-31-19-29-23-42-12-14-44-16-18-46(26-28-9-5-2-6-10-28)38(44)34-22-32(40)20-30(36(34)48)24-41-11-13-43-15-17-45(25-27-7-3-1-4-8-27)37(43)33(21-31)35(29)47/h1-10,19-24,37-38,47-48H,11-18,25-26H2/t37-,38-/m0/s1. The number of hydrogen-bond acceptors (Lipinski definition) is 8. The lowest BCUT2D eigenvalue weighted by atomic mass is 10.0. The molecule has 0 unspecified atom stereocenters. The van der Waals surface area contributed by atoms with Crippen molar-refractivity contribution in [3.63, 3.8) is 0 Å². The second-order valence-electron chi connectivity index (χ2n) is 12.7. The number of fused-ring (bicyclic) bond motifs is 8. The van der Waals surface area contributed by atoms with Crippen LogP contribution < -0.4 is 0 Å². The lowest BCUT2D eigenvalue weighted by Crippen LogP contribution is -2.33. The van der Waals surface area contributed by atoms with Crippen molar-refractivity contribution in [2.45, 2.75) is 25.4 Å². The molecule has 3 aliphatic rings. The van der Waals surface area contributed by atoms with Crippen LogP contribution in [0.15, 0.2) is 94.9 Å². The second-order valence-corrected chi connectivity index (χ2v) is 13.5. The van der Waals surface area contributed by atoms with Gasteiger partial charge in [0.05, 0.1) is 25.4 Å². The molecule has 0 aliphatic carbocycles. The van der Waals surface area contributed by atoms with Gasteiger partial charge in [0.25, 0.3) is 0 Å². The van der Waals surface area contributed by atoms with Gasteiger partial charge in [-0.2, -0.15) is 0 Å². The third-order valence-electron chi connectivity index (χ3n) is 9.51. The summed E-state index contributed by atoms with van der Waals surface area (Å²) in [7, 11) is 0. The number of halogens is 2. The Morgan fingerprint density at radius 2 is 0.979 bits per heavy atom. The number of aromatic hydroxyl groups is 2. The van der Waals surface area contributed by atoms with Gasteiger partial charge in [0.2, 0.25) is 0 Å². The maximum absolute atomic E-state index is 11.7. The van der Waals surface area contributed by atoms with E-state index in [0.717, 1.165) is 50.4 Å². The Morgan fingerprint density at radius 3 is 1.40 bits per heavy atom. The van der Waals surface area contributed by atoms with Crippen LogP contribution in [0.25, 0.3) is 0 Å². The largest absolute Gasteiger partial charge is 0.507 e. The Balaban J connectivity index is 1.24. The molecule has 0 saturated carbocycles. The van der Waals surface area contributed by atoms with Crippen molar-refractivity contribution in [2.75, 3.05) is 52.4 Å². The predicted octanol–water partition coefficient (Wildman–Crippen LogP) is 6.59. The maximum atomic E-state index is 11.7. The zero-order chi connectivity index (χ0) is 33.0. The summed E-state index contributed by atoms with van der Waals surface area (Å²) in [5, 5.41) is 24.5. The first-order valence-corrected chi connectivity index (χ1v) is 17.3. The molecule has 48 heavy (non-hydrogen) atoms. The molecule has 4 aromatic rings. The average molecular weight is 684 g/mol. The van der Waals surface area contributed by atoms with Crippen molar-refractivity contribution >= 4 is 35.6 Å². The summed E-state index contributed by atoms with van der Waals surface area (Å²) in [6.07, 6.45) is 3.08. The Morgan fingerprint density at radius 1 is 0.562 bits per heavy atom. The van der Waals surface area contributed by atoms with Crippen molar-refractivity contribution < 1.29 is 10.2 Å². The van der Waals surface area contributed by atoms with E-state index in [0.29, 0.717) is 47.4 Å². The van der Waals surface area contributed by atoms with Gasteiger partial charge in [-0.1, -0.05) is 83.9 Å². The predicted molar refractivity (Wildman–Crippen MR) is 193 cm³/mol. The smallest absolute Gasteiger partial charge is 0.130 e. The lowest BCUT2D eigenvalue weighted by molar-refractivity contribution is 0.131. The van der Waals surface area contributed by atoms with E-state index in [1.54, 1.807) is 24.6 Å². The third kappa shape index (κ3) is 7.15. The van der Waals surface area contributed by atoms with E-state index in [1.165, 1.54) is 11.1 Å². The average Bonchev–Trinajstić information content (AvgIpc) is 3.67. The minimum atomic E-state index is -0.197. The highest BCUT2D eigenvalue weighted by Crippen LogP contribution is 2.41. The number of hydrogen-bond donors (Lipinski definition) is 2. The first kappa shape index (κ1) is 32.8. The van der Waals surface area contributed by atoms with Crippen molar-refractivity contribution in [2.24, 2.45) is 9.98 Å². The van der Waals surface area contributed by atoms with E-state index in [-0.39, 0.29) is 23.8 Å². The first-order valence-electron chi connectivity index (χ1n) is 16.5. The van der Waals surface area contributed by atoms with Crippen LogP contribution in [0.3, 0.4) is 0 Å². The molecule has 0 radical (unpaired) electrons. The van der Waals surface area contributed by atoms with E-state index in [1.807, 2.05) is 24.3 Å². The molecule has 8 nitrogen and oxygen atoms in total. The minimum Gasteiger partial charge on any atom is -0.507 e. The van der Waals surface area contributed by atoms with Crippen LogP contribution in [0.1, 0.15) is 45.7 Å². The zero-order valence-electron chi connectivity index (χ0n) is 26.8. The fraction of sp³-hybridized carbons (Fsp3) is 0.316. The summed E-state index contributed by atoms with van der Waals surface area (Å²) in [4.78, 5) is 19.0. The topological polar surface area (TPSA) is 78.1 Å². The number of phenols is 2. The first-order chi connectivity index (χ1) is 23.4. The van der Waals surface area contributed by atoms with Gasteiger partial charge in [0, 0.05) is 97.1 Å². The summed E-state index contributed by atoms with van der Waals surface area (Å²) >= 11 is 13.4. The Bertz CT molecular complexity index is 1660. The molecule has 4 aromatic carbocycles. The quantitative estimate of drug-likeness (QED) is 0.253. The maximum Gasteiger partial charge on any atom is 0.130 e. The van der Waals surface area contributed by atoms with E-state index < -0.39 is 0 Å². The van der Waals surface area contributed by atoms with Gasteiger partial charge in [-0.3, -0.25) is 29.6 Å². The van der Waals surface area contributed by atoms with Crippen molar-refractivity contribution in [1.82, 2.24) is 19.6 Å². The molecule has 0 spiro atoms. The van der Waals surface area contributed by atoms with Crippen molar-refractivity contribution in [3.8, 4) is 11.5 Å². The fourth-order valence-electron chi connectivity index (χ4n) is 7.26.